The average Bonchev–Trinajstić information content (AvgIpc) is 3.14. The zero-order valence-corrected chi connectivity index (χ0v) is 18.6. The average molecular weight is 437 g/mol. The minimum absolute atomic E-state index is 0.0982. The van der Waals surface area contributed by atoms with Crippen LogP contribution < -0.4 is 5.32 Å². The summed E-state index contributed by atoms with van der Waals surface area (Å²) < 4.78 is 1.05. The number of anilines is 1. The molecule has 7 heteroatoms. The van der Waals surface area contributed by atoms with Crippen LogP contribution in [0.15, 0.2) is 35.4 Å². The number of thioether (sulfide) groups is 1. The molecule has 0 radical (unpaired) electrons. The molecule has 5 nitrogen and oxygen atoms in total. The van der Waals surface area contributed by atoms with Crippen molar-refractivity contribution in [3.05, 3.63) is 47.2 Å². The van der Waals surface area contributed by atoms with Crippen molar-refractivity contribution >= 4 is 44.4 Å². The fraction of sp³-hybridized carbons (Fsp3) is 0.391. The first-order valence-electron chi connectivity index (χ1n) is 10.4. The second kappa shape index (κ2) is 9.59. The molecular weight excluding hydrogens is 412 g/mol. The van der Waals surface area contributed by atoms with Crippen molar-refractivity contribution in [3.63, 3.8) is 0 Å². The van der Waals surface area contributed by atoms with Gasteiger partial charge >= 0.3 is 0 Å². The van der Waals surface area contributed by atoms with Crippen molar-refractivity contribution in [1.29, 1.82) is 5.26 Å². The smallest absolute Gasteiger partial charge is 0.239 e. The Bertz CT molecular complexity index is 1070. The minimum atomic E-state index is -0.330. The van der Waals surface area contributed by atoms with Gasteiger partial charge in [0.2, 0.25) is 5.91 Å². The highest BCUT2D eigenvalue weighted by Gasteiger charge is 2.23. The van der Waals surface area contributed by atoms with Gasteiger partial charge in [0.25, 0.3) is 0 Å². The molecule has 1 amide bonds. The summed E-state index contributed by atoms with van der Waals surface area (Å²) in [5.41, 5.74) is 3.75. The molecule has 1 aliphatic rings. The monoisotopic (exact) mass is 436 g/mol. The first kappa shape index (κ1) is 20.8. The molecular formula is C23H24N4OS2. The lowest BCUT2D eigenvalue weighted by Crippen LogP contribution is -2.24. The number of aromatic nitrogens is 2. The molecule has 0 fully saturated rings. The van der Waals surface area contributed by atoms with Crippen LogP contribution in [-0.4, -0.2) is 21.1 Å². The summed E-state index contributed by atoms with van der Waals surface area (Å²) in [6.07, 6.45) is 7.32. The number of hydrogen-bond donors (Lipinski definition) is 1. The fourth-order valence-electron chi connectivity index (χ4n) is 3.71. The summed E-state index contributed by atoms with van der Waals surface area (Å²) in [5, 5.41) is 13.6. The standard InChI is InChI=1S/C23H24N4OS2/c1-2-19(21(28)27-23-26-18-11-7-8-12-20(18)30-23)29-22-16(14-24)13-15-9-5-3-4-6-10-17(15)25-22/h7-8,11-13,19H,2-6,9-10H2,1H3,(H,26,27,28). The zero-order chi connectivity index (χ0) is 20.9. The van der Waals surface area contributed by atoms with Crippen LogP contribution in [-0.2, 0) is 17.6 Å². The summed E-state index contributed by atoms with van der Waals surface area (Å²) >= 11 is 2.86. The maximum atomic E-state index is 12.9. The number of nitriles is 1. The van der Waals surface area contributed by atoms with E-state index in [-0.39, 0.29) is 11.2 Å². The van der Waals surface area contributed by atoms with Crippen molar-refractivity contribution in [2.45, 2.75) is 62.1 Å². The Labute approximate surface area is 184 Å². The lowest BCUT2D eigenvalue weighted by molar-refractivity contribution is -0.115. The van der Waals surface area contributed by atoms with Crippen LogP contribution >= 0.6 is 23.1 Å². The number of para-hydroxylation sites is 1. The van der Waals surface area contributed by atoms with Crippen molar-refractivity contribution in [2.24, 2.45) is 0 Å². The number of carbonyl (C=O) groups is 1. The second-order valence-corrected chi connectivity index (χ2v) is 9.69. The topological polar surface area (TPSA) is 78.7 Å². The summed E-state index contributed by atoms with van der Waals surface area (Å²) in [7, 11) is 0. The molecule has 0 saturated heterocycles. The van der Waals surface area contributed by atoms with E-state index in [9.17, 15) is 10.1 Å². The highest BCUT2D eigenvalue weighted by Crippen LogP contribution is 2.32. The van der Waals surface area contributed by atoms with Gasteiger partial charge in [-0.15, -0.1) is 0 Å². The van der Waals surface area contributed by atoms with E-state index < -0.39 is 0 Å². The van der Waals surface area contributed by atoms with Crippen molar-refractivity contribution in [3.8, 4) is 6.07 Å². The number of fused-ring (bicyclic) bond motifs is 2. The maximum Gasteiger partial charge on any atom is 0.239 e. The molecule has 1 unspecified atom stereocenters. The van der Waals surface area contributed by atoms with Crippen LogP contribution in [0.2, 0.25) is 0 Å². The van der Waals surface area contributed by atoms with Crippen LogP contribution in [0.5, 0.6) is 0 Å². The highest BCUT2D eigenvalue weighted by molar-refractivity contribution is 8.00. The van der Waals surface area contributed by atoms with Crippen LogP contribution in [0.3, 0.4) is 0 Å². The first-order valence-corrected chi connectivity index (χ1v) is 12.1. The Morgan fingerprint density at radius 1 is 1.23 bits per heavy atom. The van der Waals surface area contributed by atoms with Crippen molar-refractivity contribution < 1.29 is 4.79 Å². The SMILES string of the molecule is CCC(Sc1nc2c(cc1C#N)CCCCCC2)C(=O)Nc1nc2ccccc2s1. The molecule has 0 spiro atoms. The predicted octanol–water partition coefficient (Wildman–Crippen LogP) is 5.73. The maximum absolute atomic E-state index is 12.9. The van der Waals surface area contributed by atoms with Gasteiger partial charge in [-0.3, -0.25) is 4.79 Å². The van der Waals surface area contributed by atoms with E-state index in [0.717, 1.165) is 41.6 Å². The molecule has 2 heterocycles. The molecule has 1 aromatic carbocycles. The minimum Gasteiger partial charge on any atom is -0.301 e. The first-order chi connectivity index (χ1) is 14.7. The summed E-state index contributed by atoms with van der Waals surface area (Å²) in [5.74, 6) is -0.0982. The molecule has 30 heavy (non-hydrogen) atoms. The summed E-state index contributed by atoms with van der Waals surface area (Å²) in [6.45, 7) is 1.98. The highest BCUT2D eigenvalue weighted by atomic mass is 32.2. The van der Waals surface area contributed by atoms with Gasteiger partial charge in [0.1, 0.15) is 11.1 Å². The molecule has 3 aromatic rings. The summed E-state index contributed by atoms with van der Waals surface area (Å²) in [4.78, 5) is 22.3. The Kier molecular flexibility index (Phi) is 6.66. The quantitative estimate of drug-likeness (QED) is 0.517. The second-order valence-electron chi connectivity index (χ2n) is 7.46. The Balaban J connectivity index is 1.54. The lowest BCUT2D eigenvalue weighted by Gasteiger charge is -2.17. The van der Waals surface area contributed by atoms with E-state index in [2.05, 4.69) is 16.4 Å². The van der Waals surface area contributed by atoms with Crippen LogP contribution in [0, 0.1) is 11.3 Å². The predicted molar refractivity (Wildman–Crippen MR) is 123 cm³/mol. The number of nitrogens with one attached hydrogen (secondary N) is 1. The number of pyridine rings is 1. The van der Waals surface area contributed by atoms with Crippen LogP contribution in [0.1, 0.15) is 55.8 Å². The molecule has 0 saturated carbocycles. The number of thiazole rings is 1. The van der Waals surface area contributed by atoms with Crippen molar-refractivity contribution in [1.82, 2.24) is 9.97 Å². The number of hydrogen-bond acceptors (Lipinski definition) is 6. The van der Waals surface area contributed by atoms with E-state index in [1.165, 1.54) is 41.5 Å². The molecule has 0 aliphatic heterocycles. The third-order valence-corrected chi connectivity index (χ3v) is 7.65. The number of benzene rings is 1. The molecule has 154 valence electrons. The van der Waals surface area contributed by atoms with Gasteiger partial charge in [0.05, 0.1) is 21.0 Å². The van der Waals surface area contributed by atoms with Crippen LogP contribution in [0.25, 0.3) is 10.2 Å². The summed E-state index contributed by atoms with van der Waals surface area (Å²) in [6, 6.07) is 12.1. The van der Waals surface area contributed by atoms with E-state index in [0.29, 0.717) is 22.1 Å². The van der Waals surface area contributed by atoms with E-state index >= 15 is 0 Å². The van der Waals surface area contributed by atoms with E-state index in [4.69, 9.17) is 4.98 Å². The number of carbonyl (C=O) groups excluding carboxylic acids is 1. The third kappa shape index (κ3) is 4.66. The van der Waals surface area contributed by atoms with Gasteiger partial charge < -0.3 is 5.32 Å². The lowest BCUT2D eigenvalue weighted by atomic mass is 9.96. The van der Waals surface area contributed by atoms with Gasteiger partial charge in [-0.05, 0) is 55.9 Å². The fourth-order valence-corrected chi connectivity index (χ4v) is 5.57. The largest absolute Gasteiger partial charge is 0.301 e. The molecule has 2 aromatic heterocycles. The molecule has 1 aliphatic carbocycles. The molecule has 1 N–H and O–H groups in total. The normalized spacial score (nSPS) is 14.9. The molecule has 0 bridgehead atoms. The Morgan fingerprint density at radius 2 is 2.03 bits per heavy atom. The van der Waals surface area contributed by atoms with Gasteiger partial charge in [0.15, 0.2) is 5.13 Å². The van der Waals surface area contributed by atoms with Gasteiger partial charge in [-0.1, -0.05) is 55.0 Å². The number of nitrogens with zero attached hydrogens (tertiary/aromatic N) is 3. The van der Waals surface area contributed by atoms with Crippen LogP contribution in [0.4, 0.5) is 5.13 Å². The zero-order valence-electron chi connectivity index (χ0n) is 17.0. The number of amides is 1. The Hall–Kier alpha value is -2.43. The van der Waals surface area contributed by atoms with Gasteiger partial charge in [-0.2, -0.15) is 5.26 Å². The third-order valence-electron chi connectivity index (χ3n) is 5.33. The number of aryl methyl sites for hydroxylation is 2. The van der Waals surface area contributed by atoms with Gasteiger partial charge in [-0.25, -0.2) is 9.97 Å². The van der Waals surface area contributed by atoms with E-state index in [1.54, 1.807) is 0 Å². The van der Waals surface area contributed by atoms with Gasteiger partial charge in [0, 0.05) is 5.69 Å². The molecule has 1 atom stereocenters. The molecule has 4 rings (SSSR count). The van der Waals surface area contributed by atoms with E-state index in [1.807, 2.05) is 37.3 Å². The van der Waals surface area contributed by atoms with Crippen molar-refractivity contribution in [2.75, 3.05) is 5.32 Å². The Morgan fingerprint density at radius 3 is 2.80 bits per heavy atom. The number of rotatable bonds is 5.